The molecule has 6 heteroatoms. The van der Waals surface area contributed by atoms with Crippen molar-refractivity contribution in [3.05, 3.63) is 35.4 Å². The third kappa shape index (κ3) is 4.31. The lowest BCUT2D eigenvalue weighted by molar-refractivity contribution is -0.155. The van der Waals surface area contributed by atoms with Gasteiger partial charge in [-0.15, -0.1) is 0 Å². The Labute approximate surface area is 160 Å². The van der Waals surface area contributed by atoms with E-state index in [1.54, 1.807) is 6.92 Å². The van der Waals surface area contributed by atoms with E-state index in [1.165, 1.54) is 10.5 Å². The van der Waals surface area contributed by atoms with Gasteiger partial charge < -0.3 is 14.9 Å². The quantitative estimate of drug-likeness (QED) is 0.879. The zero-order valence-electron chi connectivity index (χ0n) is 16.1. The molecule has 0 aliphatic carbocycles. The van der Waals surface area contributed by atoms with Crippen LogP contribution in [0.2, 0.25) is 0 Å². The van der Waals surface area contributed by atoms with Gasteiger partial charge in [-0.2, -0.15) is 0 Å². The number of carboxylic acids is 1. The summed E-state index contributed by atoms with van der Waals surface area (Å²) in [5, 5.41) is 9.26. The minimum absolute atomic E-state index is 0.0573. The van der Waals surface area contributed by atoms with Gasteiger partial charge in [0.1, 0.15) is 6.04 Å². The molecule has 146 valence electrons. The fraction of sp³-hybridized carbons (Fsp3) is 0.571. The van der Waals surface area contributed by atoms with Crippen LogP contribution in [0, 0.1) is 12.3 Å². The Morgan fingerprint density at radius 3 is 2.37 bits per heavy atom. The number of carbonyl (C=O) groups excluding carboxylic acids is 2. The second kappa shape index (κ2) is 7.71. The van der Waals surface area contributed by atoms with Crippen LogP contribution < -0.4 is 0 Å². The van der Waals surface area contributed by atoms with Crippen LogP contribution in [-0.2, 0) is 20.8 Å². The van der Waals surface area contributed by atoms with Crippen LogP contribution in [0.1, 0.15) is 43.7 Å². The van der Waals surface area contributed by atoms with Gasteiger partial charge in [-0.05, 0) is 44.1 Å². The highest BCUT2D eigenvalue weighted by molar-refractivity contribution is 5.84. The van der Waals surface area contributed by atoms with E-state index < -0.39 is 12.0 Å². The van der Waals surface area contributed by atoms with Crippen LogP contribution in [0.25, 0.3) is 0 Å². The Kier molecular flexibility index (Phi) is 5.53. The van der Waals surface area contributed by atoms with Crippen LogP contribution in [0.5, 0.6) is 0 Å². The standard InChI is InChI=1S/C21H28N2O4/c1-15-3-5-17(6-4-15)13-19(25)22-11-9-21(10-12-22)8-7-18(24)23(14-21)16(2)20(26)27/h3-6,16H,7-14H2,1-2H3,(H,26,27)/t16-/m0/s1. The van der Waals surface area contributed by atoms with Crippen molar-refractivity contribution in [3.63, 3.8) is 0 Å². The number of hydrogen-bond acceptors (Lipinski definition) is 3. The Hall–Kier alpha value is -2.37. The molecule has 0 saturated carbocycles. The highest BCUT2D eigenvalue weighted by Crippen LogP contribution is 2.40. The number of aliphatic carboxylic acids is 1. The fourth-order valence-corrected chi connectivity index (χ4v) is 4.16. The number of carbonyl (C=O) groups is 3. The predicted molar refractivity (Wildman–Crippen MR) is 101 cm³/mol. The van der Waals surface area contributed by atoms with Crippen LogP contribution >= 0.6 is 0 Å². The molecule has 27 heavy (non-hydrogen) atoms. The molecule has 2 aliphatic heterocycles. The fourth-order valence-electron chi connectivity index (χ4n) is 4.16. The van der Waals surface area contributed by atoms with E-state index in [2.05, 4.69) is 0 Å². The number of carboxylic acid groups (broad SMARTS) is 1. The lowest BCUT2D eigenvalue weighted by Gasteiger charge is -2.48. The molecule has 1 atom stereocenters. The van der Waals surface area contributed by atoms with Gasteiger partial charge in [0.2, 0.25) is 11.8 Å². The van der Waals surface area contributed by atoms with Crippen molar-refractivity contribution >= 4 is 17.8 Å². The largest absolute Gasteiger partial charge is 0.480 e. The van der Waals surface area contributed by atoms with Gasteiger partial charge in [0.25, 0.3) is 0 Å². The van der Waals surface area contributed by atoms with Gasteiger partial charge in [-0.3, -0.25) is 9.59 Å². The van der Waals surface area contributed by atoms with Crippen LogP contribution in [0.3, 0.4) is 0 Å². The maximum Gasteiger partial charge on any atom is 0.326 e. The topological polar surface area (TPSA) is 77.9 Å². The summed E-state index contributed by atoms with van der Waals surface area (Å²) in [7, 11) is 0. The Morgan fingerprint density at radius 2 is 1.78 bits per heavy atom. The summed E-state index contributed by atoms with van der Waals surface area (Å²) in [4.78, 5) is 39.5. The highest BCUT2D eigenvalue weighted by atomic mass is 16.4. The van der Waals surface area contributed by atoms with Gasteiger partial charge in [0.05, 0.1) is 6.42 Å². The third-order valence-corrected chi connectivity index (χ3v) is 6.17. The molecule has 6 nitrogen and oxygen atoms in total. The van der Waals surface area contributed by atoms with E-state index in [9.17, 15) is 19.5 Å². The van der Waals surface area contributed by atoms with Gasteiger partial charge in [-0.25, -0.2) is 4.79 Å². The molecule has 0 aromatic heterocycles. The first-order chi connectivity index (χ1) is 12.8. The molecule has 2 aliphatic rings. The first-order valence-corrected chi connectivity index (χ1v) is 9.65. The summed E-state index contributed by atoms with van der Waals surface area (Å²) in [5.74, 6) is -0.907. The number of nitrogens with zero attached hydrogens (tertiary/aromatic N) is 2. The third-order valence-electron chi connectivity index (χ3n) is 6.17. The molecule has 1 aromatic rings. The van der Waals surface area contributed by atoms with E-state index in [-0.39, 0.29) is 17.2 Å². The van der Waals surface area contributed by atoms with Crippen molar-refractivity contribution in [2.24, 2.45) is 5.41 Å². The summed E-state index contributed by atoms with van der Waals surface area (Å²) in [6, 6.07) is 7.24. The van der Waals surface area contributed by atoms with Gasteiger partial charge >= 0.3 is 5.97 Å². The minimum atomic E-state index is -0.967. The van der Waals surface area contributed by atoms with E-state index in [0.717, 1.165) is 24.8 Å². The molecule has 3 rings (SSSR count). The van der Waals surface area contributed by atoms with Crippen LogP contribution in [0.15, 0.2) is 24.3 Å². The Morgan fingerprint density at radius 1 is 1.15 bits per heavy atom. The molecule has 2 saturated heterocycles. The number of likely N-dealkylation sites (tertiary alicyclic amines) is 2. The molecule has 1 spiro atoms. The van der Waals surface area contributed by atoms with Crippen molar-refractivity contribution < 1.29 is 19.5 Å². The van der Waals surface area contributed by atoms with Crippen molar-refractivity contribution in [2.75, 3.05) is 19.6 Å². The SMILES string of the molecule is Cc1ccc(CC(=O)N2CCC3(CCC(=O)N([C@@H](C)C(=O)O)C3)CC2)cc1. The Bertz CT molecular complexity index is 720. The zero-order chi connectivity index (χ0) is 19.6. The van der Waals surface area contributed by atoms with Crippen molar-refractivity contribution in [1.29, 1.82) is 0 Å². The van der Waals surface area contributed by atoms with Gasteiger partial charge in [-0.1, -0.05) is 29.8 Å². The molecular formula is C21H28N2O4. The maximum absolute atomic E-state index is 12.6. The predicted octanol–water partition coefficient (Wildman–Crippen LogP) is 2.24. The normalized spacial score (nSPS) is 20.6. The maximum atomic E-state index is 12.6. The van der Waals surface area contributed by atoms with Crippen molar-refractivity contribution in [3.8, 4) is 0 Å². The molecule has 1 aromatic carbocycles. The minimum Gasteiger partial charge on any atom is -0.480 e. The second-order valence-corrected chi connectivity index (χ2v) is 8.08. The number of benzene rings is 1. The number of aryl methyl sites for hydroxylation is 1. The number of amides is 2. The van der Waals surface area contributed by atoms with Crippen LogP contribution in [-0.4, -0.2) is 58.4 Å². The van der Waals surface area contributed by atoms with E-state index in [0.29, 0.717) is 32.5 Å². The highest BCUT2D eigenvalue weighted by Gasteiger charge is 2.43. The van der Waals surface area contributed by atoms with E-state index in [4.69, 9.17) is 0 Å². The molecule has 0 bridgehead atoms. The Balaban J connectivity index is 1.59. The smallest absolute Gasteiger partial charge is 0.326 e. The average Bonchev–Trinajstić information content (AvgIpc) is 2.65. The molecular weight excluding hydrogens is 344 g/mol. The summed E-state index contributed by atoms with van der Waals surface area (Å²) >= 11 is 0. The summed E-state index contributed by atoms with van der Waals surface area (Å²) in [5.41, 5.74) is 2.15. The lowest BCUT2D eigenvalue weighted by atomic mass is 9.72. The molecule has 2 amide bonds. The molecule has 1 N–H and O–H groups in total. The molecule has 0 unspecified atom stereocenters. The molecule has 0 radical (unpaired) electrons. The first-order valence-electron chi connectivity index (χ1n) is 9.65. The number of hydrogen-bond donors (Lipinski definition) is 1. The summed E-state index contributed by atoms with van der Waals surface area (Å²) in [6.07, 6.45) is 3.24. The summed E-state index contributed by atoms with van der Waals surface area (Å²) in [6.45, 7) is 5.43. The van der Waals surface area contributed by atoms with E-state index >= 15 is 0 Å². The van der Waals surface area contributed by atoms with Crippen LogP contribution in [0.4, 0.5) is 0 Å². The molecule has 2 fully saturated rings. The van der Waals surface area contributed by atoms with E-state index in [1.807, 2.05) is 36.1 Å². The van der Waals surface area contributed by atoms with Gasteiger partial charge in [0.15, 0.2) is 0 Å². The summed E-state index contributed by atoms with van der Waals surface area (Å²) < 4.78 is 0. The van der Waals surface area contributed by atoms with Crippen molar-refractivity contribution in [1.82, 2.24) is 9.80 Å². The molecule has 2 heterocycles. The van der Waals surface area contributed by atoms with Gasteiger partial charge in [0, 0.05) is 26.1 Å². The first kappa shape index (κ1) is 19.4. The number of piperidine rings is 2. The lowest BCUT2D eigenvalue weighted by Crippen LogP contribution is -2.56. The van der Waals surface area contributed by atoms with Crippen molar-refractivity contribution in [2.45, 2.75) is 52.0 Å². The zero-order valence-corrected chi connectivity index (χ0v) is 16.1. The second-order valence-electron chi connectivity index (χ2n) is 8.08. The monoisotopic (exact) mass is 372 g/mol. The average molecular weight is 372 g/mol. The number of rotatable bonds is 4.